The molecule has 0 fully saturated rings. The van der Waals surface area contributed by atoms with E-state index in [1.54, 1.807) is 0 Å². The summed E-state index contributed by atoms with van der Waals surface area (Å²) in [7, 11) is 0. The molecule has 0 spiro atoms. The van der Waals surface area contributed by atoms with Gasteiger partial charge in [0.05, 0.1) is 0 Å². The van der Waals surface area contributed by atoms with E-state index in [1.807, 2.05) is 12.1 Å². The number of hydrogen-bond donors (Lipinski definition) is 0. The van der Waals surface area contributed by atoms with Crippen LogP contribution in [0.1, 0.15) is 5.56 Å². The number of halogens is 2. The minimum absolute atomic E-state index is 1.10. The monoisotopic (exact) mass is 467 g/mol. The van der Waals surface area contributed by atoms with Gasteiger partial charge >= 0.3 is 117 Å². The Labute approximate surface area is 116 Å². The quantitative estimate of drug-likeness (QED) is 0.567. The summed E-state index contributed by atoms with van der Waals surface area (Å²) in [4.78, 5) is 4.78. The maximum atomic E-state index is 4.78. The van der Waals surface area contributed by atoms with E-state index >= 15 is 0 Å². The van der Waals surface area contributed by atoms with Gasteiger partial charge in [-0.1, -0.05) is 0 Å². The molecule has 3 rings (SSSR count). The van der Waals surface area contributed by atoms with Crippen LogP contribution in [0.15, 0.2) is 59.6 Å². The van der Waals surface area contributed by atoms with Crippen molar-refractivity contribution in [1.82, 2.24) is 0 Å². The van der Waals surface area contributed by atoms with Crippen LogP contribution in [0.25, 0.3) is 0 Å². The second-order valence-electron chi connectivity index (χ2n) is 3.72. The molecule has 1 aliphatic heterocycles. The number of rotatable bonds is 1. The van der Waals surface area contributed by atoms with E-state index in [4.69, 9.17) is 4.99 Å². The molecule has 1 nitrogen and oxygen atoms in total. The number of hydrogen-bond acceptors (Lipinski definition) is 1. The molecule has 0 unspecified atom stereocenters. The van der Waals surface area contributed by atoms with Crippen LogP contribution in [0.4, 0.5) is 5.69 Å². The van der Waals surface area contributed by atoms with Crippen LogP contribution >= 0.6 is 25.5 Å². The molecule has 0 amide bonds. The Bertz CT molecular complexity index is 593. The van der Waals surface area contributed by atoms with Crippen molar-refractivity contribution in [3.63, 3.8) is 0 Å². The molecule has 86 valence electrons. The van der Waals surface area contributed by atoms with Gasteiger partial charge in [-0.05, 0) is 0 Å². The first-order valence-corrected chi connectivity index (χ1v) is 17.9. The van der Waals surface area contributed by atoms with Crippen molar-refractivity contribution in [2.45, 2.75) is 0 Å². The SMILES string of the molecule is Br[Te]1(Br)C(c2ccccc2)=Nc2ccccc21. The van der Waals surface area contributed by atoms with Gasteiger partial charge in [-0.3, -0.25) is 0 Å². The van der Waals surface area contributed by atoms with Crippen LogP contribution < -0.4 is 3.61 Å². The molecule has 0 aromatic heterocycles. The zero-order valence-corrected chi connectivity index (χ0v) is 14.3. The van der Waals surface area contributed by atoms with Crippen LogP contribution in [0.3, 0.4) is 0 Å². The molecule has 1 heterocycles. The Morgan fingerprint density at radius 3 is 2.18 bits per heavy atom. The Balaban J connectivity index is 2.17. The average Bonchev–Trinajstić information content (AvgIpc) is 2.63. The van der Waals surface area contributed by atoms with Crippen molar-refractivity contribution in [2.75, 3.05) is 0 Å². The van der Waals surface area contributed by atoms with Gasteiger partial charge in [-0.15, -0.1) is 0 Å². The first kappa shape index (κ1) is 11.9. The van der Waals surface area contributed by atoms with Crippen LogP contribution in [0.5, 0.6) is 0 Å². The first-order chi connectivity index (χ1) is 8.19. The summed E-state index contributed by atoms with van der Waals surface area (Å²) in [5.74, 6) is 0. The van der Waals surface area contributed by atoms with Crippen molar-refractivity contribution >= 4 is 52.3 Å². The van der Waals surface area contributed by atoms with E-state index < -0.39 is 13.8 Å². The van der Waals surface area contributed by atoms with Gasteiger partial charge in [0.1, 0.15) is 0 Å². The van der Waals surface area contributed by atoms with Crippen molar-refractivity contribution in [3.05, 3.63) is 60.2 Å². The molecule has 2 aromatic carbocycles. The summed E-state index contributed by atoms with van der Waals surface area (Å²) >= 11 is 5.30. The molecule has 0 saturated carbocycles. The Morgan fingerprint density at radius 2 is 1.47 bits per heavy atom. The molecule has 0 bridgehead atoms. The fraction of sp³-hybridized carbons (Fsp3) is 0. The third kappa shape index (κ3) is 2.02. The summed E-state index contributed by atoms with van der Waals surface area (Å²) in [5.41, 5.74) is 2.31. The third-order valence-electron chi connectivity index (χ3n) is 2.63. The molecular weight excluding hydrogens is 458 g/mol. The standard InChI is InChI=1S/C13H9Br2NTe/c14-17(15)12-9-5-4-8-11(12)16-13(17)10-6-2-1-3-7-10/h1-9H. The molecule has 4 heteroatoms. The zero-order chi connectivity index (χ0) is 11.9. The maximum absolute atomic E-state index is 4.78. The third-order valence-corrected chi connectivity index (χ3v) is 16.3. The Morgan fingerprint density at radius 1 is 0.824 bits per heavy atom. The normalized spacial score (nSPS) is 18.4. The van der Waals surface area contributed by atoms with E-state index in [9.17, 15) is 0 Å². The molecule has 2 aromatic rings. The Kier molecular flexibility index (Phi) is 3.16. The summed E-state index contributed by atoms with van der Waals surface area (Å²) < 4.78 is 2.53. The molecule has 0 atom stereocenters. The first-order valence-electron chi connectivity index (χ1n) is 5.15. The predicted octanol–water partition coefficient (Wildman–Crippen LogP) is 3.80. The molecule has 1 aliphatic rings. The number of fused-ring (bicyclic) bond motifs is 1. The fourth-order valence-electron chi connectivity index (χ4n) is 1.83. The number of nitrogens with zero attached hydrogens (tertiary/aromatic N) is 1. The van der Waals surface area contributed by atoms with E-state index in [0.717, 1.165) is 5.69 Å². The van der Waals surface area contributed by atoms with Gasteiger partial charge < -0.3 is 0 Å². The van der Waals surface area contributed by atoms with Crippen molar-refractivity contribution in [1.29, 1.82) is 0 Å². The summed E-state index contributed by atoms with van der Waals surface area (Å²) in [6.45, 7) is 0. The second-order valence-corrected chi connectivity index (χ2v) is 27.6. The molecular formula is C13H9Br2NTe. The van der Waals surface area contributed by atoms with Gasteiger partial charge in [0, 0.05) is 0 Å². The summed E-state index contributed by atoms with van der Waals surface area (Å²) in [5, 5.41) is 0. The van der Waals surface area contributed by atoms with E-state index in [2.05, 4.69) is 68.0 Å². The molecule has 17 heavy (non-hydrogen) atoms. The van der Waals surface area contributed by atoms with Gasteiger partial charge in [0.25, 0.3) is 0 Å². The predicted molar refractivity (Wildman–Crippen MR) is 82.3 cm³/mol. The average molecular weight is 467 g/mol. The van der Waals surface area contributed by atoms with Crippen LogP contribution in [-0.4, -0.2) is 17.5 Å². The zero-order valence-electron chi connectivity index (χ0n) is 8.81. The Hall–Kier alpha value is -0.140. The van der Waals surface area contributed by atoms with Gasteiger partial charge in [-0.2, -0.15) is 0 Å². The van der Waals surface area contributed by atoms with Crippen molar-refractivity contribution in [3.8, 4) is 0 Å². The van der Waals surface area contributed by atoms with Gasteiger partial charge in [0.2, 0.25) is 0 Å². The summed E-state index contributed by atoms with van der Waals surface area (Å²) in [6.07, 6.45) is 0. The van der Waals surface area contributed by atoms with Crippen molar-refractivity contribution < 1.29 is 0 Å². The van der Waals surface area contributed by atoms with Gasteiger partial charge in [-0.25, -0.2) is 0 Å². The van der Waals surface area contributed by atoms with Gasteiger partial charge in [0.15, 0.2) is 0 Å². The summed E-state index contributed by atoms with van der Waals surface area (Å²) in [6, 6.07) is 18.7. The fourth-order valence-corrected chi connectivity index (χ4v) is 13.2. The van der Waals surface area contributed by atoms with E-state index in [0.29, 0.717) is 0 Å². The van der Waals surface area contributed by atoms with Crippen LogP contribution in [-0.2, 0) is 0 Å². The number of aliphatic imine (C=N–C) groups is 1. The number of benzene rings is 2. The van der Waals surface area contributed by atoms with E-state index in [1.165, 1.54) is 12.9 Å². The van der Waals surface area contributed by atoms with Crippen molar-refractivity contribution in [2.24, 2.45) is 4.99 Å². The second kappa shape index (κ2) is 4.51. The molecule has 0 radical (unpaired) electrons. The number of para-hydroxylation sites is 1. The molecule has 0 aliphatic carbocycles. The van der Waals surface area contributed by atoms with E-state index in [-0.39, 0.29) is 0 Å². The molecule has 0 saturated heterocycles. The molecule has 0 N–H and O–H groups in total. The topological polar surface area (TPSA) is 12.4 Å². The van der Waals surface area contributed by atoms with Crippen LogP contribution in [0, 0.1) is 0 Å². The van der Waals surface area contributed by atoms with Crippen LogP contribution in [0.2, 0.25) is 0 Å². The minimum atomic E-state index is -2.54.